The Labute approximate surface area is 435 Å². The molecule has 0 spiro atoms. The zero-order valence-electron chi connectivity index (χ0n) is 40.5. The number of hydrogen-bond donors (Lipinski definition) is 2. The molecule has 2 N–H and O–H groups in total. The van der Waals surface area contributed by atoms with Crippen molar-refractivity contribution in [2.45, 2.75) is 62.4 Å². The molecule has 6 aromatic carbocycles. The fraction of sp³-hybridized carbons (Fsp3) is 0.286. The lowest BCUT2D eigenvalue weighted by Crippen LogP contribution is -2.47. The Morgan fingerprint density at radius 2 is 1.04 bits per heavy atom. The molecule has 0 saturated carbocycles. The highest BCUT2D eigenvalue weighted by Crippen LogP contribution is 2.40. The van der Waals surface area contributed by atoms with Gasteiger partial charge in [-0.25, -0.2) is 9.59 Å². The van der Waals surface area contributed by atoms with E-state index in [2.05, 4.69) is 72.6 Å². The number of benzene rings is 6. The first-order valence-electron chi connectivity index (χ1n) is 24.5. The molecule has 8 aromatic rings. The predicted molar refractivity (Wildman–Crippen MR) is 284 cm³/mol. The zero-order chi connectivity index (χ0) is 50.6. The summed E-state index contributed by atoms with van der Waals surface area (Å²) in [6.07, 6.45) is 7.39. The number of piperidine rings is 2. The van der Waals surface area contributed by atoms with Gasteiger partial charge < -0.3 is 20.3 Å². The Morgan fingerprint density at radius 3 is 1.48 bits per heavy atom. The minimum Gasteiger partial charge on any atom is -0.381 e. The van der Waals surface area contributed by atoms with E-state index in [1.165, 1.54) is 24.5 Å². The maximum absolute atomic E-state index is 12.8. The first-order chi connectivity index (χ1) is 35.8. The van der Waals surface area contributed by atoms with Crippen LogP contribution in [0, 0.1) is 0 Å². The fourth-order valence-electron chi connectivity index (χ4n) is 9.04. The molecule has 0 radical (unpaired) electrons. The number of carbonyl (C=O) groups is 1. The average molecular weight is 1020 g/mol. The van der Waals surface area contributed by atoms with Gasteiger partial charge in [0.1, 0.15) is 0 Å². The largest absolute Gasteiger partial charge is 0.381 e. The van der Waals surface area contributed by atoms with Crippen LogP contribution in [0.4, 0.5) is 16.2 Å². The molecule has 3 fully saturated rings. The van der Waals surface area contributed by atoms with Crippen molar-refractivity contribution in [2.75, 3.05) is 44.7 Å². The first-order valence-corrected chi connectivity index (χ1v) is 25.3. The van der Waals surface area contributed by atoms with Crippen LogP contribution in [0.5, 0.6) is 0 Å². The van der Waals surface area contributed by atoms with E-state index in [9.17, 15) is 9.59 Å². The molecule has 0 bridgehead atoms. The van der Waals surface area contributed by atoms with Crippen LogP contribution in [-0.2, 0) is 33.5 Å². The molecule has 15 nitrogen and oxygen atoms in total. The van der Waals surface area contributed by atoms with E-state index >= 15 is 0 Å². The number of aromatic nitrogens is 8. The molecule has 0 unspecified atom stereocenters. The number of hydrogen-bond acceptors (Lipinski definition) is 11. The topological polar surface area (TPSA) is 170 Å². The molecular formula is C56H58Cl2N12O3. The van der Waals surface area contributed by atoms with E-state index in [-0.39, 0.29) is 11.4 Å². The molecule has 17 heteroatoms. The number of para-hydroxylation sites is 2. The minimum atomic E-state index is -0.400. The van der Waals surface area contributed by atoms with E-state index in [0.29, 0.717) is 55.6 Å². The Bertz CT molecular complexity index is 2930. The second kappa shape index (κ2) is 26.3. The Hall–Kier alpha value is -7.39. The van der Waals surface area contributed by atoms with Crippen LogP contribution in [0.15, 0.2) is 175 Å². The summed E-state index contributed by atoms with van der Waals surface area (Å²) in [4.78, 5) is 31.1. The van der Waals surface area contributed by atoms with Gasteiger partial charge in [0.05, 0.1) is 29.6 Å². The summed E-state index contributed by atoms with van der Waals surface area (Å²) in [5, 5.41) is 34.9. The van der Waals surface area contributed by atoms with E-state index < -0.39 is 5.41 Å². The van der Waals surface area contributed by atoms with Crippen molar-refractivity contribution in [2.24, 2.45) is 4.99 Å². The molecule has 73 heavy (non-hydrogen) atoms. The number of likely N-dealkylation sites (tertiary alicyclic amines) is 1. The van der Waals surface area contributed by atoms with Crippen LogP contribution in [-0.4, -0.2) is 96.8 Å². The molecule has 2 aromatic heterocycles. The third-order valence-electron chi connectivity index (χ3n) is 13.0. The molecule has 2 amide bonds. The molecule has 3 aliphatic rings. The number of ether oxygens (including phenoxy) is 1. The number of halogens is 2. The smallest absolute Gasteiger partial charge is 0.321 e. The standard InChI is InChI=1S/C26H25ClN6O.C19H20ClN5.C7H5NO.C4H8O/c27-22-13-11-20(12-14-22)19-33-30-24(29-31-33)26(21-7-3-1-4-8-21)15-17-32(18-16-26)25(34)28-23-9-5-2-6-10-23;20-17-8-6-15(7-9-17)14-25-23-18(22-24-25)19(10-12-21-13-11-19)16-4-2-1-3-5-16;9-6-8-7-4-2-1-3-5-7;1-2-4-5-3-1/h1-14H,15-19H2,(H,28,34);1-9,21H,10-14H2;1-5H;1-4H2. The van der Waals surface area contributed by atoms with Crippen LogP contribution in [0.2, 0.25) is 10.0 Å². The van der Waals surface area contributed by atoms with Crippen molar-refractivity contribution in [1.29, 1.82) is 0 Å². The number of nitrogens with zero attached hydrogens (tertiary/aromatic N) is 10. The summed E-state index contributed by atoms with van der Waals surface area (Å²) < 4.78 is 4.94. The lowest BCUT2D eigenvalue weighted by atomic mass is 9.72. The Kier molecular flexibility index (Phi) is 18.7. The van der Waals surface area contributed by atoms with E-state index in [0.717, 1.165) is 72.4 Å². The normalized spacial score (nSPS) is 15.4. The van der Waals surface area contributed by atoms with Gasteiger partial charge in [-0.3, -0.25) is 0 Å². The lowest BCUT2D eigenvalue weighted by molar-refractivity contribution is 0.177. The van der Waals surface area contributed by atoms with Crippen molar-refractivity contribution in [3.63, 3.8) is 0 Å². The van der Waals surface area contributed by atoms with E-state index in [4.69, 9.17) is 38.1 Å². The van der Waals surface area contributed by atoms with Crippen LogP contribution in [0.1, 0.15) is 72.4 Å². The van der Waals surface area contributed by atoms with Crippen molar-refractivity contribution >= 4 is 46.7 Å². The van der Waals surface area contributed by atoms with Crippen molar-refractivity contribution in [3.05, 3.63) is 214 Å². The van der Waals surface area contributed by atoms with Gasteiger partial charge in [0.25, 0.3) is 0 Å². The summed E-state index contributed by atoms with van der Waals surface area (Å²) in [5.74, 6) is 1.50. The number of tetrazole rings is 2. The van der Waals surface area contributed by atoms with E-state index in [1.807, 2.05) is 126 Å². The number of nitrogens with one attached hydrogen (secondary N) is 2. The minimum absolute atomic E-state index is 0.0905. The van der Waals surface area contributed by atoms with Gasteiger partial charge in [-0.05, 0) is 133 Å². The number of rotatable bonds is 10. The second-order valence-electron chi connectivity index (χ2n) is 17.8. The number of aliphatic imine (C=N–C) groups is 1. The monoisotopic (exact) mass is 1020 g/mol. The lowest BCUT2D eigenvalue weighted by Gasteiger charge is -2.40. The molecule has 0 atom stereocenters. The number of isocyanates is 1. The van der Waals surface area contributed by atoms with Gasteiger partial charge in [-0.1, -0.05) is 145 Å². The number of carbonyl (C=O) groups excluding carboxylic acids is 2. The van der Waals surface area contributed by atoms with Gasteiger partial charge in [0, 0.05) is 42.0 Å². The Balaban J connectivity index is 0.000000157. The van der Waals surface area contributed by atoms with Crippen LogP contribution >= 0.6 is 23.2 Å². The molecule has 3 aliphatic heterocycles. The van der Waals surface area contributed by atoms with Crippen LogP contribution < -0.4 is 10.6 Å². The third kappa shape index (κ3) is 14.4. The van der Waals surface area contributed by atoms with Gasteiger partial charge in [0.2, 0.25) is 6.08 Å². The van der Waals surface area contributed by atoms with Crippen molar-refractivity contribution in [3.8, 4) is 0 Å². The van der Waals surface area contributed by atoms with Gasteiger partial charge >= 0.3 is 6.03 Å². The van der Waals surface area contributed by atoms with Crippen molar-refractivity contribution in [1.82, 2.24) is 50.6 Å². The van der Waals surface area contributed by atoms with Crippen LogP contribution in [0.3, 0.4) is 0 Å². The first kappa shape index (κ1) is 51.9. The number of anilines is 1. The maximum atomic E-state index is 12.8. The summed E-state index contributed by atoms with van der Waals surface area (Å²) in [5.41, 5.74) is 5.44. The highest BCUT2D eigenvalue weighted by atomic mass is 35.5. The molecular weight excluding hydrogens is 960 g/mol. The molecule has 11 rings (SSSR count). The Morgan fingerprint density at radius 1 is 0.603 bits per heavy atom. The number of amides is 2. The molecule has 374 valence electrons. The molecule has 3 saturated heterocycles. The summed E-state index contributed by atoms with van der Waals surface area (Å²) in [6, 6.07) is 54.6. The van der Waals surface area contributed by atoms with Gasteiger partial charge in [0.15, 0.2) is 11.6 Å². The van der Waals surface area contributed by atoms with Gasteiger partial charge in [-0.2, -0.15) is 14.6 Å². The van der Waals surface area contributed by atoms with Crippen LogP contribution in [0.25, 0.3) is 0 Å². The predicted octanol–water partition coefficient (Wildman–Crippen LogP) is 10.5. The summed E-state index contributed by atoms with van der Waals surface area (Å²) >= 11 is 12.0. The average Bonchev–Trinajstić information content (AvgIpc) is 4.29. The number of urea groups is 1. The zero-order valence-corrected chi connectivity index (χ0v) is 42.0. The summed E-state index contributed by atoms with van der Waals surface area (Å²) in [6.45, 7) is 6.22. The molecule has 0 aliphatic carbocycles. The van der Waals surface area contributed by atoms with E-state index in [1.54, 1.807) is 21.7 Å². The highest BCUT2D eigenvalue weighted by molar-refractivity contribution is 6.30. The van der Waals surface area contributed by atoms with Crippen molar-refractivity contribution < 1.29 is 14.3 Å². The van der Waals surface area contributed by atoms with Gasteiger partial charge in [-0.15, -0.1) is 20.4 Å². The SMILES string of the molecule is C1CCOC1.Clc1ccc(Cn2nnc(C3(c4ccccc4)CCNCC3)n2)cc1.O=C(Nc1ccccc1)N1CCC(c2ccccc2)(c2nnn(Cc3ccc(Cl)cc3)n2)CC1.O=C=Nc1ccccc1. The summed E-state index contributed by atoms with van der Waals surface area (Å²) in [7, 11) is 0. The quantitative estimate of drug-likeness (QED) is 0.0993. The third-order valence-corrected chi connectivity index (χ3v) is 13.5. The molecule has 5 heterocycles. The highest BCUT2D eigenvalue weighted by Gasteiger charge is 2.43. The maximum Gasteiger partial charge on any atom is 0.321 e. The fourth-order valence-corrected chi connectivity index (χ4v) is 9.29. The second-order valence-corrected chi connectivity index (χ2v) is 18.7.